The van der Waals surface area contributed by atoms with Gasteiger partial charge in [0.1, 0.15) is 17.1 Å². The number of hydrogen-bond donors (Lipinski definition) is 1. The molecular weight excluding hydrogens is 342 g/mol. The van der Waals surface area contributed by atoms with Crippen LogP contribution >= 0.6 is 0 Å². The highest BCUT2D eigenvalue weighted by Crippen LogP contribution is 2.26. The van der Waals surface area contributed by atoms with Crippen molar-refractivity contribution < 1.29 is 9.53 Å². The van der Waals surface area contributed by atoms with E-state index in [9.17, 15) is 4.79 Å². The van der Waals surface area contributed by atoms with Crippen LogP contribution < -0.4 is 10.1 Å². The smallest absolute Gasteiger partial charge is 0.321 e. The van der Waals surface area contributed by atoms with E-state index in [1.165, 1.54) is 0 Å². The van der Waals surface area contributed by atoms with Crippen LogP contribution in [0.4, 0.5) is 5.69 Å². The van der Waals surface area contributed by atoms with E-state index in [4.69, 9.17) is 4.74 Å². The third-order valence-corrected chi connectivity index (χ3v) is 4.14. The number of amides is 1. The Morgan fingerprint density at radius 2 is 1.93 bits per heavy atom. The highest BCUT2D eigenvalue weighted by Gasteiger charge is 2.12. The Labute approximate surface area is 155 Å². The molecule has 27 heavy (non-hydrogen) atoms. The summed E-state index contributed by atoms with van der Waals surface area (Å²) in [4.78, 5) is 25.1. The number of anilines is 1. The van der Waals surface area contributed by atoms with Gasteiger partial charge in [-0.2, -0.15) is 0 Å². The third-order valence-electron chi connectivity index (χ3n) is 4.14. The molecule has 7 heteroatoms. The number of pyridine rings is 1. The molecule has 3 aromatic heterocycles. The Bertz CT molecular complexity index is 1120. The maximum Gasteiger partial charge on any atom is 0.321 e. The molecule has 0 aliphatic carbocycles. The Hall–Kier alpha value is -3.74. The zero-order valence-corrected chi connectivity index (χ0v) is 14.9. The number of nitrogens with zero attached hydrogens (tertiary/aromatic N) is 4. The number of rotatable bonds is 4. The van der Waals surface area contributed by atoms with E-state index < -0.39 is 0 Å². The summed E-state index contributed by atoms with van der Waals surface area (Å²) in [7, 11) is 1.90. The van der Waals surface area contributed by atoms with Crippen molar-refractivity contribution in [3.05, 3.63) is 72.3 Å². The summed E-state index contributed by atoms with van der Waals surface area (Å²) in [6.45, 7) is 1.91. The van der Waals surface area contributed by atoms with Crippen LogP contribution in [0.1, 0.15) is 16.1 Å². The molecule has 4 aromatic rings. The largest absolute Gasteiger partial charge is 0.424 e. The highest BCUT2D eigenvalue weighted by atomic mass is 16.5. The van der Waals surface area contributed by atoms with E-state index in [2.05, 4.69) is 20.3 Å². The molecule has 1 N–H and O–H groups in total. The quantitative estimate of drug-likeness (QED) is 0.600. The van der Waals surface area contributed by atoms with E-state index in [1.807, 2.05) is 49.0 Å². The molecule has 1 aromatic carbocycles. The highest BCUT2D eigenvalue weighted by molar-refractivity contribution is 6.04. The zero-order valence-electron chi connectivity index (χ0n) is 14.9. The summed E-state index contributed by atoms with van der Waals surface area (Å²) in [6, 6.07) is 12.9. The van der Waals surface area contributed by atoms with Crippen LogP contribution in [0.3, 0.4) is 0 Å². The number of fused-ring (bicyclic) bond motifs is 1. The number of benzene rings is 1. The Balaban J connectivity index is 1.57. The van der Waals surface area contributed by atoms with Gasteiger partial charge in [0.15, 0.2) is 0 Å². The molecular formula is C20H17N5O2. The molecule has 3 heterocycles. The summed E-state index contributed by atoms with van der Waals surface area (Å²) in [5.41, 5.74) is 2.62. The van der Waals surface area contributed by atoms with Crippen molar-refractivity contribution in [3.8, 4) is 11.8 Å². The van der Waals surface area contributed by atoms with Gasteiger partial charge in [0.2, 0.25) is 0 Å². The van der Waals surface area contributed by atoms with Gasteiger partial charge < -0.3 is 14.6 Å². The molecule has 0 saturated carbocycles. The summed E-state index contributed by atoms with van der Waals surface area (Å²) in [5, 5.41) is 3.85. The first-order valence-corrected chi connectivity index (χ1v) is 8.39. The van der Waals surface area contributed by atoms with Crippen LogP contribution in [0.5, 0.6) is 11.8 Å². The minimum Gasteiger partial charge on any atom is -0.424 e. The topological polar surface area (TPSA) is 81.9 Å². The Morgan fingerprint density at radius 3 is 2.74 bits per heavy atom. The molecule has 0 aliphatic heterocycles. The van der Waals surface area contributed by atoms with Gasteiger partial charge >= 0.3 is 6.01 Å². The van der Waals surface area contributed by atoms with Crippen molar-refractivity contribution in [1.82, 2.24) is 19.5 Å². The van der Waals surface area contributed by atoms with Crippen molar-refractivity contribution in [1.29, 1.82) is 0 Å². The first-order chi connectivity index (χ1) is 13.1. The average Bonchev–Trinajstić information content (AvgIpc) is 3.06. The fourth-order valence-electron chi connectivity index (χ4n) is 2.68. The predicted molar refractivity (Wildman–Crippen MR) is 102 cm³/mol. The second kappa shape index (κ2) is 6.87. The van der Waals surface area contributed by atoms with E-state index in [-0.39, 0.29) is 11.9 Å². The summed E-state index contributed by atoms with van der Waals surface area (Å²) < 4.78 is 7.59. The number of carbonyl (C=O) groups is 1. The molecule has 0 aliphatic rings. The molecule has 0 atom stereocenters. The standard InChI is InChI=1S/C20H17N5O2/c1-13-4-6-15(12-17(13)27-20-21-9-3-10-22-20)23-19(26)16-7-5-14-8-11-25(2)18(14)24-16/h3-12H,1-2H3,(H,23,26). The first-order valence-electron chi connectivity index (χ1n) is 8.39. The monoisotopic (exact) mass is 359 g/mol. The summed E-state index contributed by atoms with van der Waals surface area (Å²) in [6.07, 6.45) is 5.12. The fourth-order valence-corrected chi connectivity index (χ4v) is 2.68. The van der Waals surface area contributed by atoms with Gasteiger partial charge in [0.25, 0.3) is 5.91 Å². The van der Waals surface area contributed by atoms with E-state index >= 15 is 0 Å². The van der Waals surface area contributed by atoms with Crippen molar-refractivity contribution in [2.24, 2.45) is 7.05 Å². The second-order valence-electron chi connectivity index (χ2n) is 6.10. The number of carbonyl (C=O) groups excluding carboxylic acids is 1. The van der Waals surface area contributed by atoms with Gasteiger partial charge in [-0.1, -0.05) is 6.07 Å². The van der Waals surface area contributed by atoms with Crippen LogP contribution in [-0.2, 0) is 7.05 Å². The summed E-state index contributed by atoms with van der Waals surface area (Å²) in [5.74, 6) is 0.286. The molecule has 1 amide bonds. The van der Waals surface area contributed by atoms with Crippen LogP contribution in [0.25, 0.3) is 11.0 Å². The van der Waals surface area contributed by atoms with Crippen LogP contribution in [0.15, 0.2) is 61.1 Å². The van der Waals surface area contributed by atoms with Gasteiger partial charge in [-0.3, -0.25) is 4.79 Å². The fraction of sp³-hybridized carbons (Fsp3) is 0.100. The molecule has 0 saturated heterocycles. The lowest BCUT2D eigenvalue weighted by Gasteiger charge is -2.10. The van der Waals surface area contributed by atoms with Crippen molar-refractivity contribution in [2.45, 2.75) is 6.92 Å². The van der Waals surface area contributed by atoms with Gasteiger partial charge in [-0.05, 0) is 42.8 Å². The molecule has 0 radical (unpaired) electrons. The average molecular weight is 359 g/mol. The zero-order chi connectivity index (χ0) is 18.8. The number of nitrogens with one attached hydrogen (secondary N) is 1. The SMILES string of the molecule is Cc1ccc(NC(=O)c2ccc3ccn(C)c3n2)cc1Oc1ncccn1. The predicted octanol–water partition coefficient (Wildman–Crippen LogP) is 3.72. The molecule has 0 fully saturated rings. The van der Waals surface area contributed by atoms with E-state index in [1.54, 1.807) is 30.6 Å². The van der Waals surface area contributed by atoms with Crippen molar-refractivity contribution in [3.63, 3.8) is 0 Å². The minimum absolute atomic E-state index is 0.250. The lowest BCUT2D eigenvalue weighted by atomic mass is 10.2. The molecule has 0 bridgehead atoms. The number of ether oxygens (including phenoxy) is 1. The lowest BCUT2D eigenvalue weighted by Crippen LogP contribution is -2.14. The van der Waals surface area contributed by atoms with Gasteiger partial charge in [0, 0.05) is 42.8 Å². The Morgan fingerprint density at radius 1 is 1.11 bits per heavy atom. The van der Waals surface area contributed by atoms with Gasteiger partial charge in [-0.25, -0.2) is 15.0 Å². The van der Waals surface area contributed by atoms with Gasteiger partial charge in [0.05, 0.1) is 0 Å². The summed E-state index contributed by atoms with van der Waals surface area (Å²) >= 11 is 0. The first kappa shape index (κ1) is 16.7. The number of aryl methyl sites for hydroxylation is 2. The Kier molecular flexibility index (Phi) is 4.25. The normalized spacial score (nSPS) is 10.7. The second-order valence-corrected chi connectivity index (χ2v) is 6.10. The molecule has 134 valence electrons. The van der Waals surface area contributed by atoms with E-state index in [0.29, 0.717) is 17.1 Å². The van der Waals surface area contributed by atoms with E-state index in [0.717, 1.165) is 16.6 Å². The van der Waals surface area contributed by atoms with Crippen molar-refractivity contribution >= 4 is 22.6 Å². The molecule has 0 spiro atoms. The van der Waals surface area contributed by atoms with Gasteiger partial charge in [-0.15, -0.1) is 0 Å². The number of aromatic nitrogens is 4. The third kappa shape index (κ3) is 3.48. The number of hydrogen-bond acceptors (Lipinski definition) is 5. The lowest BCUT2D eigenvalue weighted by molar-refractivity contribution is 0.102. The molecule has 0 unspecified atom stereocenters. The molecule has 4 rings (SSSR count). The molecule has 7 nitrogen and oxygen atoms in total. The van der Waals surface area contributed by atoms with Crippen molar-refractivity contribution in [2.75, 3.05) is 5.32 Å². The minimum atomic E-state index is -0.288. The maximum absolute atomic E-state index is 12.6. The van der Waals surface area contributed by atoms with Crippen LogP contribution in [-0.4, -0.2) is 25.4 Å². The maximum atomic E-state index is 12.6. The van der Waals surface area contributed by atoms with Crippen LogP contribution in [0.2, 0.25) is 0 Å². The van der Waals surface area contributed by atoms with Crippen LogP contribution in [0, 0.1) is 6.92 Å².